The number of hydrogen-bond acceptors (Lipinski definition) is 4. The van der Waals surface area contributed by atoms with Gasteiger partial charge in [0.15, 0.2) is 0 Å². The van der Waals surface area contributed by atoms with Gasteiger partial charge in [-0.1, -0.05) is 71.2 Å². The van der Waals surface area contributed by atoms with Crippen molar-refractivity contribution in [2.75, 3.05) is 14.1 Å². The second-order valence-electron chi connectivity index (χ2n) is 7.53. The molecule has 0 aromatic rings. The summed E-state index contributed by atoms with van der Waals surface area (Å²) in [5, 5.41) is 5.63. The first kappa shape index (κ1) is 34.8. The Hall–Kier alpha value is -3.34. The van der Waals surface area contributed by atoms with Crippen molar-refractivity contribution < 1.29 is 9.59 Å². The minimum absolute atomic E-state index is 0.0624. The van der Waals surface area contributed by atoms with Crippen molar-refractivity contribution in [3.63, 3.8) is 0 Å². The third-order valence-electron chi connectivity index (χ3n) is 5.42. The van der Waals surface area contributed by atoms with Gasteiger partial charge in [-0.05, 0) is 62.6 Å². The summed E-state index contributed by atoms with van der Waals surface area (Å²) in [6.45, 7) is 24.2. The normalized spacial score (nSPS) is 18.4. The smallest absolute Gasteiger partial charge is 0.223 e. The molecule has 0 aliphatic carbocycles. The summed E-state index contributed by atoms with van der Waals surface area (Å²) in [6.07, 6.45) is 16.6. The van der Waals surface area contributed by atoms with Gasteiger partial charge in [0.25, 0.3) is 0 Å². The molecule has 2 N–H and O–H groups in total. The van der Waals surface area contributed by atoms with Crippen LogP contribution in [0.3, 0.4) is 0 Å². The van der Waals surface area contributed by atoms with Gasteiger partial charge in [0.05, 0.1) is 12.1 Å². The van der Waals surface area contributed by atoms with Crippen LogP contribution in [0.25, 0.3) is 0 Å². The molecule has 2 heterocycles. The zero-order chi connectivity index (χ0) is 28.3. The van der Waals surface area contributed by atoms with Gasteiger partial charge >= 0.3 is 0 Å². The predicted octanol–water partition coefficient (Wildman–Crippen LogP) is 6.57. The highest BCUT2D eigenvalue weighted by atomic mass is 16.1. The van der Waals surface area contributed by atoms with Gasteiger partial charge in [0, 0.05) is 37.5 Å². The second kappa shape index (κ2) is 19.9. The number of amides is 1. The number of aldehydes is 1. The Morgan fingerprint density at radius 3 is 2.03 bits per heavy atom. The molecule has 0 radical (unpaired) electrons. The van der Waals surface area contributed by atoms with E-state index in [0.29, 0.717) is 24.1 Å². The minimum atomic E-state index is -0.0624. The van der Waals surface area contributed by atoms with E-state index in [2.05, 4.69) is 66.8 Å². The fraction of sp³-hybridized carbons (Fsp3) is 0.419. The molecule has 2 unspecified atom stereocenters. The SMILES string of the molecule is C/C=C(C=O)\C=C/CC(=O)NC.C=CC(=C/C)/C(=C\C(=C)C1=CC2C(C)N12)/C=C(\C)NC.CC.CC. The van der Waals surface area contributed by atoms with Crippen LogP contribution in [0, 0.1) is 0 Å². The maximum Gasteiger partial charge on any atom is 0.223 e. The van der Waals surface area contributed by atoms with Gasteiger partial charge in [-0.15, -0.1) is 0 Å². The van der Waals surface area contributed by atoms with Crippen LogP contribution in [0.2, 0.25) is 0 Å². The number of rotatable bonds is 10. The number of nitrogens with one attached hydrogen (secondary N) is 2. The van der Waals surface area contributed by atoms with Crippen molar-refractivity contribution in [1.29, 1.82) is 0 Å². The van der Waals surface area contributed by atoms with Crippen LogP contribution in [-0.2, 0) is 9.59 Å². The summed E-state index contributed by atoms with van der Waals surface area (Å²) in [5.41, 5.74) is 6.30. The summed E-state index contributed by atoms with van der Waals surface area (Å²) in [6, 6.07) is 1.32. The van der Waals surface area contributed by atoms with Crippen molar-refractivity contribution in [1.82, 2.24) is 15.5 Å². The van der Waals surface area contributed by atoms with Crippen molar-refractivity contribution >= 4 is 12.2 Å². The third kappa shape index (κ3) is 11.4. The number of nitrogens with zero attached hydrogens (tertiary/aromatic N) is 1. The van der Waals surface area contributed by atoms with E-state index < -0.39 is 0 Å². The first-order valence-corrected chi connectivity index (χ1v) is 12.8. The number of fused-ring (bicyclic) bond motifs is 1. The number of allylic oxidation sites excluding steroid dienone is 10. The first-order valence-electron chi connectivity index (χ1n) is 12.8. The van der Waals surface area contributed by atoms with Crippen LogP contribution in [0.5, 0.6) is 0 Å². The number of carbonyl (C=O) groups is 2. The summed E-state index contributed by atoms with van der Waals surface area (Å²) in [5.74, 6) is -0.0624. The van der Waals surface area contributed by atoms with E-state index in [1.807, 2.05) is 47.7 Å². The van der Waals surface area contributed by atoms with Crippen LogP contribution < -0.4 is 10.6 Å². The first-order chi connectivity index (χ1) is 17.3. The van der Waals surface area contributed by atoms with E-state index in [1.54, 1.807) is 32.2 Å². The maximum atomic E-state index is 10.7. The van der Waals surface area contributed by atoms with Gasteiger partial charge < -0.3 is 15.5 Å². The summed E-state index contributed by atoms with van der Waals surface area (Å²) >= 11 is 0. The zero-order valence-electron chi connectivity index (χ0n) is 24.2. The Bertz CT molecular complexity index is 914. The standard InChI is InChI=1S/C18H24N2.C9H13NO2.2C2H6/c1-7-15(8-2)16(10-13(4)19-6)9-12(3)17-11-18-14(5)20(17)18;1-3-8(7-11)5-4-6-9(12)10-2;2*1-2/h7-11,14,18-19H,1,3H2,2,4-6H3;3-5,7H,6H2,1-2H3,(H,10,12);2*1-2H3/b13-10+,15-8-,16-9-;5-4-,8-3+;;. The highest BCUT2D eigenvalue weighted by Gasteiger charge is 2.51. The predicted molar refractivity (Wildman–Crippen MR) is 158 cm³/mol. The largest absolute Gasteiger partial charge is 0.392 e. The van der Waals surface area contributed by atoms with Gasteiger partial charge in [0.1, 0.15) is 6.29 Å². The number of hydrogen-bond donors (Lipinski definition) is 2. The van der Waals surface area contributed by atoms with Crippen molar-refractivity contribution in [2.45, 2.75) is 73.9 Å². The Morgan fingerprint density at radius 1 is 1.06 bits per heavy atom. The molecule has 1 fully saturated rings. The highest BCUT2D eigenvalue weighted by molar-refractivity contribution is 5.79. The third-order valence-corrected chi connectivity index (χ3v) is 5.42. The number of carbonyl (C=O) groups excluding carboxylic acids is 2. The van der Waals surface area contributed by atoms with Crippen molar-refractivity contribution in [3.05, 3.63) is 95.5 Å². The van der Waals surface area contributed by atoms with Crippen LogP contribution in [0.15, 0.2) is 95.5 Å². The van der Waals surface area contributed by atoms with Crippen LogP contribution in [0.4, 0.5) is 0 Å². The van der Waals surface area contributed by atoms with Crippen molar-refractivity contribution in [2.24, 2.45) is 0 Å². The topological polar surface area (TPSA) is 61.2 Å². The molecular formula is C31H49N3O2. The maximum absolute atomic E-state index is 10.7. The molecule has 5 heteroatoms. The lowest BCUT2D eigenvalue weighted by Crippen LogP contribution is -2.15. The van der Waals surface area contributed by atoms with Gasteiger partial charge in [0.2, 0.25) is 5.91 Å². The summed E-state index contributed by atoms with van der Waals surface area (Å²) in [7, 11) is 3.50. The quantitative estimate of drug-likeness (QED) is 0.156. The second-order valence-corrected chi connectivity index (χ2v) is 7.53. The van der Waals surface area contributed by atoms with Gasteiger partial charge in [-0.3, -0.25) is 9.59 Å². The molecule has 0 spiro atoms. The average molecular weight is 496 g/mol. The van der Waals surface area contributed by atoms with E-state index in [4.69, 9.17) is 0 Å². The van der Waals surface area contributed by atoms with E-state index in [9.17, 15) is 9.59 Å². The molecule has 0 bridgehead atoms. The summed E-state index contributed by atoms with van der Waals surface area (Å²) in [4.78, 5) is 23.4. The molecule has 200 valence electrons. The fourth-order valence-corrected chi connectivity index (χ4v) is 3.20. The molecule has 0 saturated carbocycles. The zero-order valence-corrected chi connectivity index (χ0v) is 24.2. The molecule has 0 aromatic heterocycles. The Labute approximate surface area is 220 Å². The molecule has 1 amide bonds. The Balaban J connectivity index is 0. The van der Waals surface area contributed by atoms with Gasteiger partial charge in [-0.25, -0.2) is 0 Å². The molecule has 2 rings (SSSR count). The molecule has 1 saturated heterocycles. The lowest BCUT2D eigenvalue weighted by atomic mass is 9.99. The molecule has 36 heavy (non-hydrogen) atoms. The molecule has 0 aromatic carbocycles. The van der Waals surface area contributed by atoms with Gasteiger partial charge in [-0.2, -0.15) is 0 Å². The van der Waals surface area contributed by atoms with E-state index in [1.165, 1.54) is 5.70 Å². The monoisotopic (exact) mass is 495 g/mol. The lowest BCUT2D eigenvalue weighted by molar-refractivity contribution is -0.119. The molecule has 5 nitrogen and oxygen atoms in total. The minimum Gasteiger partial charge on any atom is -0.392 e. The van der Waals surface area contributed by atoms with Crippen LogP contribution in [0.1, 0.15) is 61.8 Å². The molecule has 2 aliphatic rings. The molecular weight excluding hydrogens is 446 g/mol. The highest BCUT2D eigenvalue weighted by Crippen LogP contribution is 2.46. The Morgan fingerprint density at radius 2 is 1.67 bits per heavy atom. The van der Waals surface area contributed by atoms with E-state index in [0.717, 1.165) is 28.7 Å². The fourth-order valence-electron chi connectivity index (χ4n) is 3.20. The van der Waals surface area contributed by atoms with E-state index in [-0.39, 0.29) is 5.91 Å². The van der Waals surface area contributed by atoms with Crippen molar-refractivity contribution in [3.8, 4) is 0 Å². The Kier molecular flexibility index (Phi) is 19.3. The van der Waals surface area contributed by atoms with Crippen LogP contribution in [-0.4, -0.2) is 43.3 Å². The summed E-state index contributed by atoms with van der Waals surface area (Å²) < 4.78 is 0. The average Bonchev–Trinajstić information content (AvgIpc) is 3.41. The van der Waals surface area contributed by atoms with Crippen LogP contribution >= 0.6 is 0 Å². The molecule has 2 atom stereocenters. The molecule has 2 aliphatic heterocycles. The van der Waals surface area contributed by atoms with E-state index >= 15 is 0 Å². The lowest BCUT2D eigenvalue weighted by Gasteiger charge is -2.18.